The molecule has 4 heterocycles. The third-order valence-corrected chi connectivity index (χ3v) is 7.85. The van der Waals surface area contributed by atoms with Crippen LogP contribution in [0.3, 0.4) is 0 Å². The molecule has 4 aromatic heterocycles. The van der Waals surface area contributed by atoms with E-state index >= 15 is 0 Å². The fourth-order valence-corrected chi connectivity index (χ4v) is 5.67. The third-order valence-electron chi connectivity index (χ3n) is 7.85. The maximum atomic E-state index is 14.5. The summed E-state index contributed by atoms with van der Waals surface area (Å²) >= 11 is 0. The molecule has 1 aliphatic carbocycles. The van der Waals surface area contributed by atoms with Gasteiger partial charge in [0.1, 0.15) is 11.3 Å². The first-order valence-corrected chi connectivity index (χ1v) is 13.8. The lowest BCUT2D eigenvalue weighted by Crippen LogP contribution is -2.28. The Labute approximate surface area is 253 Å². The number of aromatic hydroxyl groups is 1. The Kier molecular flexibility index (Phi) is 6.53. The highest BCUT2D eigenvalue weighted by Crippen LogP contribution is 2.37. The molecule has 6 aromatic rings. The molecule has 0 radical (unpaired) electrons. The molecule has 1 aliphatic rings. The van der Waals surface area contributed by atoms with Crippen molar-refractivity contribution in [3.8, 4) is 28.6 Å². The van der Waals surface area contributed by atoms with E-state index in [1.165, 1.54) is 4.80 Å². The van der Waals surface area contributed by atoms with Crippen molar-refractivity contribution in [3.63, 3.8) is 0 Å². The topological polar surface area (TPSA) is 167 Å². The Morgan fingerprint density at radius 3 is 2.64 bits per heavy atom. The maximum absolute atomic E-state index is 14.5. The summed E-state index contributed by atoms with van der Waals surface area (Å²) in [5.41, 5.74) is 10.1. The number of benzene rings is 2. The number of aryl methyl sites for hydroxylation is 2. The van der Waals surface area contributed by atoms with Gasteiger partial charge >= 0.3 is 0 Å². The number of aromatic nitrogens is 7. The van der Waals surface area contributed by atoms with Crippen molar-refractivity contribution < 1.29 is 23.5 Å². The average molecular weight is 608 g/mol. The number of imidazole rings is 1. The Morgan fingerprint density at radius 2 is 1.89 bits per heavy atom. The predicted octanol–water partition coefficient (Wildman–Crippen LogP) is 4.17. The zero-order chi connectivity index (χ0) is 31.4. The van der Waals surface area contributed by atoms with Crippen LogP contribution in [0, 0.1) is 18.6 Å². The quantitative estimate of drug-likeness (QED) is 0.236. The number of phenols is 1. The molecule has 4 N–H and O–H groups in total. The summed E-state index contributed by atoms with van der Waals surface area (Å²) in [6, 6.07) is 11.4. The number of hydrogen-bond donors (Lipinski definition) is 3. The Morgan fingerprint density at radius 1 is 1.09 bits per heavy atom. The van der Waals surface area contributed by atoms with Crippen molar-refractivity contribution in [1.29, 1.82) is 0 Å². The highest BCUT2D eigenvalue weighted by molar-refractivity contribution is 5.97. The molecular weight excluding hydrogens is 584 g/mol. The van der Waals surface area contributed by atoms with Gasteiger partial charge in [0, 0.05) is 11.9 Å². The summed E-state index contributed by atoms with van der Waals surface area (Å²) in [7, 11) is 0. The van der Waals surface area contributed by atoms with Crippen molar-refractivity contribution in [2.24, 2.45) is 0 Å². The number of fused-ring (bicyclic) bond motifs is 2. The van der Waals surface area contributed by atoms with E-state index in [4.69, 9.17) is 15.7 Å². The van der Waals surface area contributed by atoms with Gasteiger partial charge in [0.2, 0.25) is 5.82 Å². The van der Waals surface area contributed by atoms with Gasteiger partial charge in [-0.05, 0) is 72.9 Å². The minimum atomic E-state index is -1.66. The number of phenolic OH excluding ortho intramolecular Hbond substituents is 1. The van der Waals surface area contributed by atoms with E-state index < -0.39 is 40.5 Å². The number of nitrogens with one attached hydrogen (secondary N) is 1. The number of pyridine rings is 2. The second kappa shape index (κ2) is 10.6. The summed E-state index contributed by atoms with van der Waals surface area (Å²) in [6.07, 6.45) is 5.93. The van der Waals surface area contributed by atoms with Crippen molar-refractivity contribution in [3.05, 3.63) is 101 Å². The molecule has 0 aliphatic heterocycles. The number of nitrogen functional groups attached to an aromatic ring is 1. The molecule has 12 nitrogen and oxygen atoms in total. The fraction of sp³-hybridized carbons (Fsp3) is 0.129. The number of halogens is 2. The first-order valence-electron chi connectivity index (χ1n) is 13.8. The minimum absolute atomic E-state index is 0.152. The first kappa shape index (κ1) is 27.8. The number of rotatable bonds is 6. The standard InChI is InChI=1S/C31H23F2N9O3/c1-15-11-23(42-36-9-10-37-42)39-30-26(15)40-29(20-3-2-8-35-28(20)34)41(30)18-5-6-19-16(12-18)4-7-22(19)38-31(45)21-13-17(14-43)27(44)25(33)24(21)32/h2-3,5-6,8-14,22,44H,4,7H2,1H3,(H2,34,35)(H,38,45)/t22-/m0/s1. The van der Waals surface area contributed by atoms with Gasteiger partial charge in [-0.15, -0.1) is 4.80 Å². The number of hydrogen-bond acceptors (Lipinski definition) is 9. The molecule has 2 aromatic carbocycles. The van der Waals surface area contributed by atoms with E-state index in [1.807, 2.05) is 41.8 Å². The second-order valence-electron chi connectivity index (χ2n) is 10.6. The fourth-order valence-electron chi connectivity index (χ4n) is 5.67. The molecule has 45 heavy (non-hydrogen) atoms. The predicted molar refractivity (Wildman–Crippen MR) is 158 cm³/mol. The maximum Gasteiger partial charge on any atom is 0.254 e. The van der Waals surface area contributed by atoms with Crippen molar-refractivity contribution in [2.75, 3.05) is 5.73 Å². The smallest absolute Gasteiger partial charge is 0.254 e. The zero-order valence-corrected chi connectivity index (χ0v) is 23.6. The van der Waals surface area contributed by atoms with Crippen molar-refractivity contribution >= 4 is 29.2 Å². The summed E-state index contributed by atoms with van der Waals surface area (Å²) < 4.78 is 30.6. The molecule has 7 rings (SSSR count). The highest BCUT2D eigenvalue weighted by Gasteiger charge is 2.29. The highest BCUT2D eigenvalue weighted by atomic mass is 19.2. The summed E-state index contributed by atoms with van der Waals surface area (Å²) in [6.45, 7) is 1.92. The number of nitrogens with two attached hydrogens (primary N) is 1. The SMILES string of the molecule is Cc1cc(-n2nccn2)nc2c1nc(-c1cccnc1N)n2-c1ccc2c(c1)CC[C@@H]2NC(=O)c1cc(C=O)c(O)c(F)c1F. The van der Waals surface area contributed by atoms with E-state index in [1.54, 1.807) is 24.7 Å². The lowest BCUT2D eigenvalue weighted by atomic mass is 10.0. The van der Waals surface area contributed by atoms with Crippen LogP contribution in [0.1, 0.15) is 49.9 Å². The van der Waals surface area contributed by atoms with Crippen LogP contribution in [0.4, 0.5) is 14.6 Å². The second-order valence-corrected chi connectivity index (χ2v) is 10.6. The van der Waals surface area contributed by atoms with Gasteiger partial charge in [0.15, 0.2) is 35.1 Å². The van der Waals surface area contributed by atoms with Gasteiger partial charge in [0.25, 0.3) is 5.91 Å². The van der Waals surface area contributed by atoms with Crippen LogP contribution in [0.2, 0.25) is 0 Å². The summed E-state index contributed by atoms with van der Waals surface area (Å²) in [5, 5.41) is 20.8. The van der Waals surface area contributed by atoms with E-state index in [9.17, 15) is 23.5 Å². The number of anilines is 1. The molecule has 0 saturated heterocycles. The lowest BCUT2D eigenvalue weighted by Gasteiger charge is -2.16. The van der Waals surface area contributed by atoms with Gasteiger partial charge in [0.05, 0.1) is 35.1 Å². The molecule has 0 bridgehead atoms. The number of aldehydes is 1. The minimum Gasteiger partial charge on any atom is -0.504 e. The van der Waals surface area contributed by atoms with Crippen molar-refractivity contribution in [2.45, 2.75) is 25.8 Å². The van der Waals surface area contributed by atoms with Gasteiger partial charge in [-0.25, -0.2) is 19.3 Å². The molecule has 0 spiro atoms. The Hall–Kier alpha value is -6.05. The van der Waals surface area contributed by atoms with Crippen LogP contribution < -0.4 is 11.1 Å². The van der Waals surface area contributed by atoms with Crippen LogP contribution >= 0.6 is 0 Å². The molecule has 1 atom stereocenters. The summed E-state index contributed by atoms with van der Waals surface area (Å²) in [5.74, 6) is -3.94. The van der Waals surface area contributed by atoms with Gasteiger partial charge in [-0.3, -0.25) is 14.2 Å². The molecule has 0 unspecified atom stereocenters. The monoisotopic (exact) mass is 607 g/mol. The molecule has 0 saturated carbocycles. The largest absolute Gasteiger partial charge is 0.504 e. The Bertz CT molecular complexity index is 2160. The van der Waals surface area contributed by atoms with E-state index in [0.29, 0.717) is 47.0 Å². The zero-order valence-electron chi connectivity index (χ0n) is 23.6. The normalized spacial score (nSPS) is 14.1. The molecule has 1 amide bonds. The lowest BCUT2D eigenvalue weighted by molar-refractivity contribution is 0.0931. The number of nitrogens with zero attached hydrogens (tertiary/aromatic N) is 7. The van der Waals surface area contributed by atoms with E-state index in [2.05, 4.69) is 20.5 Å². The van der Waals surface area contributed by atoms with Gasteiger partial charge in [-0.2, -0.15) is 14.6 Å². The molecule has 0 fully saturated rings. The van der Waals surface area contributed by atoms with Crippen LogP contribution in [0.15, 0.2) is 61.1 Å². The average Bonchev–Trinajstić information content (AvgIpc) is 3.80. The molecule has 224 valence electrons. The van der Waals surface area contributed by atoms with Crippen LogP contribution in [0.25, 0.3) is 34.1 Å². The van der Waals surface area contributed by atoms with Gasteiger partial charge in [-0.1, -0.05) is 6.07 Å². The Balaban J connectivity index is 1.31. The van der Waals surface area contributed by atoms with Crippen LogP contribution in [-0.2, 0) is 6.42 Å². The first-order chi connectivity index (χ1) is 21.7. The van der Waals surface area contributed by atoms with E-state index in [-0.39, 0.29) is 6.29 Å². The van der Waals surface area contributed by atoms with Gasteiger partial charge < -0.3 is 16.2 Å². The molecular formula is C31H23F2N9O3. The third kappa shape index (κ3) is 4.54. The van der Waals surface area contributed by atoms with Crippen molar-refractivity contribution in [1.82, 2.24) is 39.8 Å². The number of carbonyl (C=O) groups excluding carboxylic acids is 2. The van der Waals surface area contributed by atoms with Crippen LogP contribution in [-0.4, -0.2) is 51.8 Å². The van der Waals surface area contributed by atoms with E-state index in [0.717, 1.165) is 28.4 Å². The summed E-state index contributed by atoms with van der Waals surface area (Å²) in [4.78, 5) is 39.6. The van der Waals surface area contributed by atoms with Crippen LogP contribution in [0.5, 0.6) is 5.75 Å². The molecule has 14 heteroatoms. The number of amides is 1. The number of carbonyl (C=O) groups is 2.